The SMILES string of the molecule is O=C(CN1C(=O)c2ccccc2C1=O)NCCc1nnc(-c2ccccn2)o1. The second kappa shape index (κ2) is 7.39. The van der Waals surface area contributed by atoms with Crippen LogP contribution < -0.4 is 5.32 Å². The van der Waals surface area contributed by atoms with Gasteiger partial charge in [0.05, 0.1) is 11.1 Å². The highest BCUT2D eigenvalue weighted by Gasteiger charge is 2.36. The number of benzene rings is 1. The molecular formula is C19H15N5O4. The third kappa shape index (κ3) is 3.37. The number of nitrogens with zero attached hydrogens (tertiary/aromatic N) is 4. The summed E-state index contributed by atoms with van der Waals surface area (Å²) in [6, 6.07) is 11.8. The van der Waals surface area contributed by atoms with Crippen LogP contribution in [-0.4, -0.2) is 50.9 Å². The molecule has 0 saturated carbocycles. The molecule has 3 aromatic rings. The lowest BCUT2D eigenvalue weighted by Crippen LogP contribution is -2.40. The van der Waals surface area contributed by atoms with Crippen molar-refractivity contribution in [3.8, 4) is 11.6 Å². The first-order valence-corrected chi connectivity index (χ1v) is 8.59. The minimum absolute atomic E-state index is 0.228. The third-order valence-corrected chi connectivity index (χ3v) is 4.19. The Bertz CT molecular complexity index is 1010. The van der Waals surface area contributed by atoms with Crippen molar-refractivity contribution in [3.63, 3.8) is 0 Å². The quantitative estimate of drug-likeness (QED) is 0.639. The van der Waals surface area contributed by atoms with Gasteiger partial charge in [-0.1, -0.05) is 18.2 Å². The van der Waals surface area contributed by atoms with Crippen molar-refractivity contribution >= 4 is 17.7 Å². The van der Waals surface area contributed by atoms with Crippen molar-refractivity contribution in [2.75, 3.05) is 13.1 Å². The van der Waals surface area contributed by atoms with E-state index in [0.717, 1.165) is 4.90 Å². The normalized spacial score (nSPS) is 12.9. The lowest BCUT2D eigenvalue weighted by atomic mass is 10.1. The van der Waals surface area contributed by atoms with Gasteiger partial charge in [-0.05, 0) is 24.3 Å². The van der Waals surface area contributed by atoms with Crippen LogP contribution in [0.5, 0.6) is 0 Å². The third-order valence-electron chi connectivity index (χ3n) is 4.19. The Labute approximate surface area is 159 Å². The molecule has 2 aromatic heterocycles. The first-order valence-electron chi connectivity index (χ1n) is 8.59. The number of imide groups is 1. The topological polar surface area (TPSA) is 118 Å². The van der Waals surface area contributed by atoms with Crippen molar-refractivity contribution in [3.05, 3.63) is 65.7 Å². The molecule has 3 amide bonds. The molecule has 0 saturated heterocycles. The van der Waals surface area contributed by atoms with Gasteiger partial charge in [-0.3, -0.25) is 24.3 Å². The summed E-state index contributed by atoms with van der Waals surface area (Å²) in [5.41, 5.74) is 1.19. The second-order valence-corrected chi connectivity index (χ2v) is 6.06. The average Bonchev–Trinajstić information content (AvgIpc) is 3.28. The summed E-state index contributed by atoms with van der Waals surface area (Å²) >= 11 is 0. The molecule has 4 rings (SSSR count). The molecule has 0 atom stereocenters. The number of amides is 3. The Kier molecular flexibility index (Phi) is 4.63. The minimum Gasteiger partial charge on any atom is -0.419 e. The molecule has 1 aliphatic heterocycles. The Hall–Kier alpha value is -3.88. The molecule has 140 valence electrons. The second-order valence-electron chi connectivity index (χ2n) is 6.06. The molecule has 1 aromatic carbocycles. The molecule has 9 heteroatoms. The molecule has 3 heterocycles. The van der Waals surface area contributed by atoms with E-state index in [0.29, 0.717) is 35.0 Å². The monoisotopic (exact) mass is 377 g/mol. The minimum atomic E-state index is -0.465. The Morgan fingerprint density at radius 2 is 1.71 bits per heavy atom. The van der Waals surface area contributed by atoms with Gasteiger partial charge in [0.25, 0.3) is 17.7 Å². The number of aromatic nitrogens is 3. The number of hydrogen-bond donors (Lipinski definition) is 1. The zero-order valence-electron chi connectivity index (χ0n) is 14.7. The van der Waals surface area contributed by atoms with Gasteiger partial charge in [0.15, 0.2) is 0 Å². The lowest BCUT2D eigenvalue weighted by Gasteiger charge is -2.13. The van der Waals surface area contributed by atoms with Crippen LogP contribution in [0.25, 0.3) is 11.6 Å². The van der Waals surface area contributed by atoms with Crippen LogP contribution in [0.2, 0.25) is 0 Å². The zero-order valence-corrected chi connectivity index (χ0v) is 14.7. The van der Waals surface area contributed by atoms with Crippen LogP contribution in [0.4, 0.5) is 0 Å². The van der Waals surface area contributed by atoms with E-state index >= 15 is 0 Å². The molecule has 0 radical (unpaired) electrons. The largest absolute Gasteiger partial charge is 0.419 e. The van der Waals surface area contributed by atoms with E-state index in [-0.39, 0.29) is 13.1 Å². The Morgan fingerprint density at radius 1 is 1.00 bits per heavy atom. The summed E-state index contributed by atoms with van der Waals surface area (Å²) in [5.74, 6) is -0.728. The fourth-order valence-corrected chi connectivity index (χ4v) is 2.84. The first kappa shape index (κ1) is 17.5. The summed E-state index contributed by atoms with van der Waals surface area (Å²) in [7, 11) is 0. The van der Waals surface area contributed by atoms with Crippen LogP contribution in [0.1, 0.15) is 26.6 Å². The van der Waals surface area contributed by atoms with Crippen LogP contribution in [0.15, 0.2) is 53.1 Å². The van der Waals surface area contributed by atoms with Crippen LogP contribution in [0, 0.1) is 0 Å². The molecule has 0 bridgehead atoms. The van der Waals surface area contributed by atoms with Crippen LogP contribution >= 0.6 is 0 Å². The summed E-state index contributed by atoms with van der Waals surface area (Å²) in [6.07, 6.45) is 1.94. The number of pyridine rings is 1. The number of carbonyl (C=O) groups is 3. The number of carbonyl (C=O) groups excluding carboxylic acids is 3. The smallest absolute Gasteiger partial charge is 0.266 e. The molecular weight excluding hydrogens is 362 g/mol. The van der Waals surface area contributed by atoms with Gasteiger partial charge in [0, 0.05) is 19.2 Å². The Morgan fingerprint density at radius 3 is 2.39 bits per heavy atom. The Balaban J connectivity index is 1.30. The number of fused-ring (bicyclic) bond motifs is 1. The average molecular weight is 377 g/mol. The maximum absolute atomic E-state index is 12.3. The summed E-state index contributed by atoms with van der Waals surface area (Å²) in [5, 5.41) is 10.5. The molecule has 1 N–H and O–H groups in total. The van der Waals surface area contributed by atoms with Gasteiger partial charge < -0.3 is 9.73 Å². The summed E-state index contributed by atoms with van der Waals surface area (Å²) in [6.45, 7) is -0.110. The lowest BCUT2D eigenvalue weighted by molar-refractivity contribution is -0.121. The predicted molar refractivity (Wildman–Crippen MR) is 96.1 cm³/mol. The van der Waals surface area contributed by atoms with Crippen molar-refractivity contribution in [2.45, 2.75) is 6.42 Å². The molecule has 0 spiro atoms. The molecule has 0 fully saturated rings. The van der Waals surface area contributed by atoms with E-state index < -0.39 is 17.7 Å². The fourth-order valence-electron chi connectivity index (χ4n) is 2.84. The maximum Gasteiger partial charge on any atom is 0.266 e. The van der Waals surface area contributed by atoms with Crippen LogP contribution in [0.3, 0.4) is 0 Å². The van der Waals surface area contributed by atoms with Crippen LogP contribution in [-0.2, 0) is 11.2 Å². The highest BCUT2D eigenvalue weighted by Crippen LogP contribution is 2.21. The highest BCUT2D eigenvalue weighted by molar-refractivity contribution is 6.22. The highest BCUT2D eigenvalue weighted by atomic mass is 16.4. The molecule has 0 aliphatic carbocycles. The van der Waals surface area contributed by atoms with E-state index in [9.17, 15) is 14.4 Å². The van der Waals surface area contributed by atoms with Crippen molar-refractivity contribution in [1.82, 2.24) is 25.4 Å². The fraction of sp³-hybridized carbons (Fsp3) is 0.158. The van der Waals surface area contributed by atoms with Gasteiger partial charge in [-0.15, -0.1) is 10.2 Å². The van der Waals surface area contributed by atoms with Crippen molar-refractivity contribution < 1.29 is 18.8 Å². The number of hydrogen-bond acceptors (Lipinski definition) is 7. The van der Waals surface area contributed by atoms with E-state index in [4.69, 9.17) is 4.42 Å². The van der Waals surface area contributed by atoms with E-state index in [1.54, 1.807) is 42.6 Å². The van der Waals surface area contributed by atoms with Gasteiger partial charge in [-0.2, -0.15) is 0 Å². The van der Waals surface area contributed by atoms with Crippen molar-refractivity contribution in [1.29, 1.82) is 0 Å². The molecule has 1 aliphatic rings. The zero-order chi connectivity index (χ0) is 19.5. The van der Waals surface area contributed by atoms with Gasteiger partial charge in [0.1, 0.15) is 12.2 Å². The van der Waals surface area contributed by atoms with Gasteiger partial charge in [-0.25, -0.2) is 0 Å². The standard InChI is InChI=1S/C19H15N5O4/c25-15(11-24-18(26)12-5-1-2-6-13(12)19(24)27)21-10-8-16-22-23-17(28-16)14-7-3-4-9-20-14/h1-7,9H,8,10-11H2,(H,21,25). The predicted octanol–water partition coefficient (Wildman–Crippen LogP) is 1.09. The van der Waals surface area contributed by atoms with Gasteiger partial charge >= 0.3 is 0 Å². The van der Waals surface area contributed by atoms with Crippen molar-refractivity contribution in [2.24, 2.45) is 0 Å². The number of rotatable bonds is 6. The molecule has 28 heavy (non-hydrogen) atoms. The van der Waals surface area contributed by atoms with Gasteiger partial charge in [0.2, 0.25) is 11.8 Å². The number of nitrogens with one attached hydrogen (secondary N) is 1. The molecule has 0 unspecified atom stereocenters. The summed E-state index contributed by atoms with van der Waals surface area (Å²) in [4.78, 5) is 41.7. The molecule has 9 nitrogen and oxygen atoms in total. The van der Waals surface area contributed by atoms with E-state index in [2.05, 4.69) is 20.5 Å². The maximum atomic E-state index is 12.3. The first-order chi connectivity index (χ1) is 13.6. The van der Waals surface area contributed by atoms with E-state index in [1.807, 2.05) is 6.07 Å². The summed E-state index contributed by atoms with van der Waals surface area (Å²) < 4.78 is 5.51. The van der Waals surface area contributed by atoms with E-state index in [1.165, 1.54) is 0 Å².